The lowest BCUT2D eigenvalue weighted by atomic mass is 10.0. The number of benzene rings is 3. The van der Waals surface area contributed by atoms with Crippen LogP contribution in [-0.4, -0.2) is 50.0 Å². The molecule has 230 valence electrons. The Bertz CT molecular complexity index is 1490. The second-order valence-corrected chi connectivity index (χ2v) is 13.5. The van der Waals surface area contributed by atoms with E-state index in [0.717, 1.165) is 48.6 Å². The van der Waals surface area contributed by atoms with Crippen LogP contribution < -0.4 is 9.62 Å². The van der Waals surface area contributed by atoms with Crippen molar-refractivity contribution >= 4 is 27.5 Å². The van der Waals surface area contributed by atoms with Gasteiger partial charge in [0.05, 0.1) is 11.9 Å². The predicted octanol–water partition coefficient (Wildman–Crippen LogP) is 5.69. The van der Waals surface area contributed by atoms with Crippen molar-refractivity contribution in [2.24, 2.45) is 0 Å². The second-order valence-electron chi connectivity index (χ2n) is 11.6. The topological polar surface area (TPSA) is 86.8 Å². The third-order valence-corrected chi connectivity index (χ3v) is 9.36. The summed E-state index contributed by atoms with van der Waals surface area (Å²) in [6.45, 7) is 4.14. The second kappa shape index (κ2) is 14.6. The molecule has 0 saturated heterocycles. The van der Waals surface area contributed by atoms with Gasteiger partial charge in [-0.15, -0.1) is 0 Å². The van der Waals surface area contributed by atoms with E-state index in [9.17, 15) is 22.4 Å². The minimum absolute atomic E-state index is 0.0417. The van der Waals surface area contributed by atoms with Crippen LogP contribution >= 0.6 is 0 Å². The first kappa shape index (κ1) is 32.2. The molecular weight excluding hydrogens is 565 g/mol. The third-order valence-electron chi connectivity index (χ3n) is 8.17. The molecule has 1 aliphatic carbocycles. The molecule has 0 aromatic heterocycles. The van der Waals surface area contributed by atoms with Crippen LogP contribution in [0.5, 0.6) is 0 Å². The van der Waals surface area contributed by atoms with Crippen LogP contribution in [0, 0.1) is 19.7 Å². The summed E-state index contributed by atoms with van der Waals surface area (Å²) in [6.07, 6.45) is 5.73. The van der Waals surface area contributed by atoms with Crippen molar-refractivity contribution in [3.05, 3.63) is 101 Å². The Morgan fingerprint density at radius 1 is 0.930 bits per heavy atom. The van der Waals surface area contributed by atoms with Crippen molar-refractivity contribution in [3.8, 4) is 0 Å². The maximum Gasteiger partial charge on any atom is 0.243 e. The van der Waals surface area contributed by atoms with Gasteiger partial charge >= 0.3 is 0 Å². The van der Waals surface area contributed by atoms with Crippen LogP contribution in [0.25, 0.3) is 0 Å². The number of nitrogens with one attached hydrogen (secondary N) is 1. The maximum atomic E-state index is 14.0. The van der Waals surface area contributed by atoms with Gasteiger partial charge in [0, 0.05) is 32.0 Å². The molecule has 0 aliphatic heterocycles. The first-order chi connectivity index (χ1) is 20.5. The van der Waals surface area contributed by atoms with Crippen molar-refractivity contribution in [3.63, 3.8) is 0 Å². The molecule has 9 heteroatoms. The zero-order valence-corrected chi connectivity index (χ0v) is 26.1. The van der Waals surface area contributed by atoms with E-state index in [-0.39, 0.29) is 49.6 Å². The molecule has 4 rings (SSSR count). The Labute approximate surface area is 255 Å². The molecule has 0 bridgehead atoms. The molecule has 1 N–H and O–H groups in total. The molecule has 43 heavy (non-hydrogen) atoms. The number of aryl methyl sites for hydroxylation is 2. The normalized spacial score (nSPS) is 14.3. The van der Waals surface area contributed by atoms with Crippen molar-refractivity contribution < 1.29 is 22.4 Å². The monoisotopic (exact) mass is 607 g/mol. The lowest BCUT2D eigenvalue weighted by Gasteiger charge is -2.33. The molecule has 0 spiro atoms. The van der Waals surface area contributed by atoms with Crippen molar-refractivity contribution in [2.75, 3.05) is 17.1 Å². The molecule has 1 aliphatic rings. The van der Waals surface area contributed by atoms with Crippen LogP contribution in [0.4, 0.5) is 10.1 Å². The van der Waals surface area contributed by atoms with E-state index in [1.165, 1.54) is 16.4 Å². The Hall–Kier alpha value is -3.72. The zero-order chi connectivity index (χ0) is 31.0. The number of rotatable bonds is 13. The fourth-order valence-electron chi connectivity index (χ4n) is 5.59. The minimum atomic E-state index is -3.59. The van der Waals surface area contributed by atoms with Crippen LogP contribution in [0.3, 0.4) is 0 Å². The van der Waals surface area contributed by atoms with E-state index in [1.54, 1.807) is 23.1 Å². The van der Waals surface area contributed by atoms with Gasteiger partial charge in [0.1, 0.15) is 11.9 Å². The van der Waals surface area contributed by atoms with Crippen molar-refractivity contribution in [1.29, 1.82) is 0 Å². The van der Waals surface area contributed by atoms with Gasteiger partial charge in [-0.1, -0.05) is 61.4 Å². The van der Waals surface area contributed by atoms with Crippen LogP contribution in [0.1, 0.15) is 60.8 Å². The first-order valence-electron chi connectivity index (χ1n) is 14.9. The predicted molar refractivity (Wildman–Crippen MR) is 169 cm³/mol. The summed E-state index contributed by atoms with van der Waals surface area (Å²) in [5.41, 5.74) is 4.21. The van der Waals surface area contributed by atoms with Gasteiger partial charge in [0.25, 0.3) is 0 Å². The molecule has 7 nitrogen and oxygen atoms in total. The Kier molecular flexibility index (Phi) is 11.0. The number of carbonyl (C=O) groups is 2. The van der Waals surface area contributed by atoms with E-state index in [1.807, 2.05) is 56.3 Å². The van der Waals surface area contributed by atoms with Gasteiger partial charge in [-0.2, -0.15) is 0 Å². The number of hydrogen-bond acceptors (Lipinski definition) is 4. The van der Waals surface area contributed by atoms with E-state index < -0.39 is 16.1 Å². The highest BCUT2D eigenvalue weighted by Gasteiger charge is 2.32. The summed E-state index contributed by atoms with van der Waals surface area (Å²) < 4.78 is 40.5. The third kappa shape index (κ3) is 9.13. The lowest BCUT2D eigenvalue weighted by Crippen LogP contribution is -2.52. The Morgan fingerprint density at radius 2 is 1.60 bits per heavy atom. The standard InChI is InChI=1S/C34H42FN3O4S/c1-25-15-20-31(22-26(25)2)38(43(3,41)42)21-9-14-33(39)37(24-28-16-18-29(35)19-17-28)32(23-27-10-5-4-6-11-27)34(40)36-30-12-7-8-13-30/h4-6,10-11,15-20,22,30,32H,7-9,12-14,21,23-24H2,1-3H3,(H,36,40)/t32-/m1/s1. The number of anilines is 1. The average Bonchev–Trinajstić information content (AvgIpc) is 3.48. The summed E-state index contributed by atoms with van der Waals surface area (Å²) in [4.78, 5) is 29.3. The molecule has 0 heterocycles. The quantitative estimate of drug-likeness (QED) is 0.271. The highest BCUT2D eigenvalue weighted by atomic mass is 32.2. The molecule has 0 radical (unpaired) electrons. The zero-order valence-electron chi connectivity index (χ0n) is 25.3. The van der Waals surface area contributed by atoms with Crippen LogP contribution in [-0.2, 0) is 32.6 Å². The molecule has 1 saturated carbocycles. The summed E-state index contributed by atoms with van der Waals surface area (Å²) in [5, 5.41) is 3.17. The van der Waals surface area contributed by atoms with E-state index in [2.05, 4.69) is 5.32 Å². The molecule has 1 fully saturated rings. The van der Waals surface area contributed by atoms with Gasteiger partial charge in [-0.05, 0) is 79.6 Å². The number of nitrogens with zero attached hydrogens (tertiary/aromatic N) is 2. The Morgan fingerprint density at radius 3 is 2.23 bits per heavy atom. The summed E-state index contributed by atoms with van der Waals surface area (Å²) in [6, 6.07) is 20.3. The number of halogens is 1. The van der Waals surface area contributed by atoms with Gasteiger partial charge in [-0.3, -0.25) is 13.9 Å². The summed E-state index contributed by atoms with van der Waals surface area (Å²) in [5.74, 6) is -0.854. The van der Waals surface area contributed by atoms with E-state index in [0.29, 0.717) is 17.7 Å². The molecule has 1 atom stereocenters. The number of carbonyl (C=O) groups excluding carboxylic acids is 2. The van der Waals surface area contributed by atoms with Crippen LogP contribution in [0.15, 0.2) is 72.8 Å². The van der Waals surface area contributed by atoms with Gasteiger partial charge in [-0.25, -0.2) is 12.8 Å². The van der Waals surface area contributed by atoms with E-state index in [4.69, 9.17) is 0 Å². The average molecular weight is 608 g/mol. The first-order valence-corrected chi connectivity index (χ1v) is 16.8. The molecule has 3 aromatic carbocycles. The largest absolute Gasteiger partial charge is 0.352 e. The highest BCUT2D eigenvalue weighted by Crippen LogP contribution is 2.23. The molecule has 2 amide bonds. The van der Waals surface area contributed by atoms with E-state index >= 15 is 0 Å². The fourth-order valence-corrected chi connectivity index (χ4v) is 6.55. The fraction of sp³-hybridized carbons (Fsp3) is 0.412. The Balaban J connectivity index is 1.58. The van der Waals surface area contributed by atoms with Gasteiger partial charge in [0.2, 0.25) is 21.8 Å². The molecular formula is C34H42FN3O4S. The molecule has 3 aromatic rings. The number of hydrogen-bond donors (Lipinski definition) is 1. The smallest absolute Gasteiger partial charge is 0.243 e. The highest BCUT2D eigenvalue weighted by molar-refractivity contribution is 7.92. The summed E-state index contributed by atoms with van der Waals surface area (Å²) in [7, 11) is -3.59. The van der Waals surface area contributed by atoms with Crippen molar-refractivity contribution in [2.45, 2.75) is 77.4 Å². The number of amides is 2. The van der Waals surface area contributed by atoms with Gasteiger partial charge in [0.15, 0.2) is 0 Å². The van der Waals surface area contributed by atoms with Gasteiger partial charge < -0.3 is 10.2 Å². The lowest BCUT2D eigenvalue weighted by molar-refractivity contribution is -0.141. The van der Waals surface area contributed by atoms with Crippen LogP contribution in [0.2, 0.25) is 0 Å². The SMILES string of the molecule is Cc1ccc(N(CCCC(=O)N(Cc2ccc(F)cc2)[C@H](Cc2ccccc2)C(=O)NC2CCCC2)S(C)(=O)=O)cc1C. The summed E-state index contributed by atoms with van der Waals surface area (Å²) >= 11 is 0. The maximum absolute atomic E-state index is 14.0. The minimum Gasteiger partial charge on any atom is -0.352 e. The molecule has 0 unspecified atom stereocenters. The number of sulfonamides is 1. The van der Waals surface area contributed by atoms with Crippen molar-refractivity contribution in [1.82, 2.24) is 10.2 Å².